The summed E-state index contributed by atoms with van der Waals surface area (Å²) in [5.74, 6) is 0.00826. The van der Waals surface area contributed by atoms with Crippen molar-refractivity contribution in [3.63, 3.8) is 0 Å². The van der Waals surface area contributed by atoms with Crippen molar-refractivity contribution < 1.29 is 4.79 Å². The van der Waals surface area contributed by atoms with E-state index in [-0.39, 0.29) is 11.2 Å². The summed E-state index contributed by atoms with van der Waals surface area (Å²) in [5.41, 5.74) is 3.55. The van der Waals surface area contributed by atoms with Crippen LogP contribution >= 0.6 is 11.8 Å². The lowest BCUT2D eigenvalue weighted by atomic mass is 10.2. The number of nitrogens with zero attached hydrogens (tertiary/aromatic N) is 3. The molecule has 0 bridgehead atoms. The molecule has 0 fully saturated rings. The summed E-state index contributed by atoms with van der Waals surface area (Å²) in [6.07, 6.45) is 2.67. The number of fused-ring (bicyclic) bond motifs is 1. The molecule has 0 radical (unpaired) electrons. The molecule has 1 amide bonds. The third kappa shape index (κ3) is 4.37. The van der Waals surface area contributed by atoms with Gasteiger partial charge in [0.25, 0.3) is 0 Å². The molecule has 0 aliphatic rings. The molecule has 0 aliphatic carbocycles. The van der Waals surface area contributed by atoms with E-state index in [1.165, 1.54) is 11.8 Å². The molecule has 154 valence electrons. The second kappa shape index (κ2) is 9.26. The third-order valence-electron chi connectivity index (χ3n) is 4.88. The fourth-order valence-corrected chi connectivity index (χ4v) is 4.24. The Morgan fingerprint density at radius 1 is 1.31 bits per heavy atom. The number of rotatable bonds is 8. The van der Waals surface area contributed by atoms with Gasteiger partial charge >= 0.3 is 0 Å². The predicted molar refractivity (Wildman–Crippen MR) is 116 cm³/mol. The number of carbonyl (C=O) groups excluding carboxylic acids is 1. The quantitative estimate of drug-likeness (QED) is 0.299. The largest absolute Gasteiger partial charge is 0.355 e. The number of thioether (sulfide) groups is 1. The second-order valence-corrected chi connectivity index (χ2v) is 8.24. The molecule has 1 aromatic carbocycles. The number of unbranched alkanes of at least 4 members (excludes halogenated alkanes) is 1. The minimum atomic E-state index is -0.286. The van der Waals surface area contributed by atoms with E-state index < -0.39 is 0 Å². The zero-order chi connectivity index (χ0) is 21.0. The fraction of sp³-hybridized carbons (Fsp3) is 0.429. The Hall–Kier alpha value is -2.61. The summed E-state index contributed by atoms with van der Waals surface area (Å²) in [6.45, 7) is 8.68. The van der Waals surface area contributed by atoms with Gasteiger partial charge in [-0.3, -0.25) is 19.9 Å². The maximum atomic E-state index is 12.7. The van der Waals surface area contributed by atoms with Gasteiger partial charge in [-0.2, -0.15) is 5.10 Å². The lowest BCUT2D eigenvalue weighted by Crippen LogP contribution is -2.34. The van der Waals surface area contributed by atoms with Crippen molar-refractivity contribution >= 4 is 28.7 Å². The lowest BCUT2D eigenvalue weighted by Gasteiger charge is -2.19. The van der Waals surface area contributed by atoms with E-state index in [0.29, 0.717) is 34.6 Å². The van der Waals surface area contributed by atoms with Gasteiger partial charge in [0, 0.05) is 12.2 Å². The molecule has 7 nitrogen and oxygen atoms in total. The van der Waals surface area contributed by atoms with Crippen LogP contribution in [0.4, 0.5) is 0 Å². The summed E-state index contributed by atoms with van der Waals surface area (Å²) in [5, 5.41) is 20.1. The van der Waals surface area contributed by atoms with Gasteiger partial charge in [0.1, 0.15) is 5.49 Å². The van der Waals surface area contributed by atoms with Crippen molar-refractivity contribution in [2.75, 3.05) is 6.54 Å². The number of nitrogens with one attached hydrogen (secondary N) is 3. The Bertz CT molecular complexity index is 1070. The highest BCUT2D eigenvalue weighted by Crippen LogP contribution is 2.28. The number of carbonyl (C=O) groups is 1. The maximum Gasteiger partial charge on any atom is 0.233 e. The van der Waals surface area contributed by atoms with Crippen molar-refractivity contribution in [1.82, 2.24) is 25.1 Å². The molecule has 29 heavy (non-hydrogen) atoms. The highest BCUT2D eigenvalue weighted by atomic mass is 32.2. The highest BCUT2D eigenvalue weighted by molar-refractivity contribution is 8.00. The average molecular weight is 413 g/mol. The Labute approximate surface area is 174 Å². The number of hydrogen-bond donors (Lipinski definition) is 3. The Balaban J connectivity index is 2.09. The summed E-state index contributed by atoms with van der Waals surface area (Å²) >= 11 is 1.39. The third-order valence-corrected chi connectivity index (χ3v) is 6.19. The minimum Gasteiger partial charge on any atom is -0.355 e. The van der Waals surface area contributed by atoms with E-state index in [4.69, 9.17) is 10.4 Å². The second-order valence-electron chi connectivity index (χ2n) is 7.07. The van der Waals surface area contributed by atoms with Gasteiger partial charge in [-0.05, 0) is 38.3 Å². The molecule has 3 aromatic rings. The molecule has 1 atom stereocenters. The van der Waals surface area contributed by atoms with Gasteiger partial charge in [-0.15, -0.1) is 0 Å². The van der Waals surface area contributed by atoms with Gasteiger partial charge in [0.15, 0.2) is 10.8 Å². The zero-order valence-corrected chi connectivity index (χ0v) is 18.2. The van der Waals surface area contributed by atoms with Crippen molar-refractivity contribution in [3.05, 3.63) is 41.0 Å². The van der Waals surface area contributed by atoms with Gasteiger partial charge in [0.05, 0.1) is 16.3 Å². The van der Waals surface area contributed by atoms with Gasteiger partial charge < -0.3 is 5.32 Å². The van der Waals surface area contributed by atoms with Gasteiger partial charge in [-0.1, -0.05) is 50.2 Å². The molecular formula is C21H28N6OS. The molecule has 2 heterocycles. The number of aromatic amines is 1. The molecular weight excluding hydrogens is 384 g/mol. The monoisotopic (exact) mass is 412 g/mol. The number of H-pyrrole nitrogens is 1. The standard InChI is InChI=1S/C21H28N6OS/c1-5-7-12-23-20(28)16(6-2)29-21-24-19-17(14(4)25-26-19)18(22)27(21)15-11-9-8-10-13(15)3/h8-11,16,22H,5-7,12H2,1-4H3,(H,23,28)(H,25,26)/t16-/m0/s1. The van der Waals surface area contributed by atoms with Crippen LogP contribution in [0.3, 0.4) is 0 Å². The normalized spacial score (nSPS) is 12.3. The van der Waals surface area contributed by atoms with Crippen molar-refractivity contribution in [2.24, 2.45) is 0 Å². The van der Waals surface area contributed by atoms with Crippen LogP contribution in [0.1, 0.15) is 44.4 Å². The first-order chi connectivity index (χ1) is 14.0. The predicted octanol–water partition coefficient (Wildman–Crippen LogP) is 3.63. The van der Waals surface area contributed by atoms with Crippen molar-refractivity contribution in [2.45, 2.75) is 57.4 Å². The summed E-state index contributed by atoms with van der Waals surface area (Å²) in [7, 11) is 0. The molecule has 0 unspecified atom stereocenters. The number of benzene rings is 1. The molecule has 0 spiro atoms. The van der Waals surface area contributed by atoms with E-state index in [0.717, 1.165) is 29.8 Å². The van der Waals surface area contributed by atoms with E-state index in [9.17, 15) is 4.79 Å². The van der Waals surface area contributed by atoms with Crippen LogP contribution < -0.4 is 10.8 Å². The number of amides is 1. The Kier molecular flexibility index (Phi) is 6.74. The van der Waals surface area contributed by atoms with Crippen LogP contribution in [-0.4, -0.2) is 37.5 Å². The molecule has 0 saturated heterocycles. The number of para-hydroxylation sites is 1. The number of aryl methyl sites for hydroxylation is 2. The molecule has 0 saturated carbocycles. The van der Waals surface area contributed by atoms with Crippen LogP contribution in [0.15, 0.2) is 29.4 Å². The van der Waals surface area contributed by atoms with Crippen LogP contribution in [0.5, 0.6) is 0 Å². The summed E-state index contributed by atoms with van der Waals surface area (Å²) < 4.78 is 1.83. The van der Waals surface area contributed by atoms with Crippen LogP contribution in [0.25, 0.3) is 16.7 Å². The van der Waals surface area contributed by atoms with E-state index in [1.54, 1.807) is 0 Å². The van der Waals surface area contributed by atoms with Crippen LogP contribution in [-0.2, 0) is 4.79 Å². The number of aromatic nitrogens is 4. The first-order valence-corrected chi connectivity index (χ1v) is 10.9. The van der Waals surface area contributed by atoms with E-state index >= 15 is 0 Å². The van der Waals surface area contributed by atoms with Crippen LogP contribution in [0.2, 0.25) is 0 Å². The summed E-state index contributed by atoms with van der Waals surface area (Å²) in [4.78, 5) is 17.4. The van der Waals surface area contributed by atoms with Crippen LogP contribution in [0, 0.1) is 19.3 Å². The Morgan fingerprint density at radius 3 is 2.76 bits per heavy atom. The molecule has 0 aliphatic heterocycles. The van der Waals surface area contributed by atoms with E-state index in [2.05, 4.69) is 22.4 Å². The van der Waals surface area contributed by atoms with Crippen molar-refractivity contribution in [3.8, 4) is 5.69 Å². The van der Waals surface area contributed by atoms with Crippen molar-refractivity contribution in [1.29, 1.82) is 5.41 Å². The molecule has 3 rings (SSSR count). The number of hydrogen-bond acceptors (Lipinski definition) is 5. The molecule has 3 N–H and O–H groups in total. The smallest absolute Gasteiger partial charge is 0.233 e. The highest BCUT2D eigenvalue weighted by Gasteiger charge is 2.23. The topological polar surface area (TPSA) is 99.5 Å². The first kappa shape index (κ1) is 21.1. The minimum absolute atomic E-state index is 0.00826. The van der Waals surface area contributed by atoms with E-state index in [1.807, 2.05) is 49.6 Å². The first-order valence-electron chi connectivity index (χ1n) is 10.0. The Morgan fingerprint density at radius 2 is 2.07 bits per heavy atom. The van der Waals surface area contributed by atoms with Gasteiger partial charge in [-0.25, -0.2) is 4.98 Å². The molecule has 8 heteroatoms. The average Bonchev–Trinajstić information content (AvgIpc) is 3.08. The zero-order valence-electron chi connectivity index (χ0n) is 17.4. The molecule has 2 aromatic heterocycles. The summed E-state index contributed by atoms with van der Waals surface area (Å²) in [6, 6.07) is 7.91. The fourth-order valence-electron chi connectivity index (χ4n) is 3.20. The SMILES string of the molecule is CCCCNC(=O)[C@H](CC)Sc1nc2n[nH]c(C)c2c(=N)n1-c1ccccc1C. The maximum absolute atomic E-state index is 12.7. The lowest BCUT2D eigenvalue weighted by molar-refractivity contribution is -0.120. The van der Waals surface area contributed by atoms with Gasteiger partial charge in [0.2, 0.25) is 5.91 Å².